The number of pyridine rings is 1. The van der Waals surface area contributed by atoms with Gasteiger partial charge in [0.15, 0.2) is 0 Å². The van der Waals surface area contributed by atoms with E-state index >= 15 is 0 Å². The number of hydrogen-bond donors (Lipinski definition) is 1. The maximum Gasteiger partial charge on any atom is 0.239 e. The van der Waals surface area contributed by atoms with Crippen LogP contribution in [-0.2, 0) is 11.3 Å². The van der Waals surface area contributed by atoms with Gasteiger partial charge in [0.2, 0.25) is 5.91 Å². The Morgan fingerprint density at radius 1 is 1.56 bits per heavy atom. The minimum absolute atomic E-state index is 0.0255. The van der Waals surface area contributed by atoms with Crippen molar-refractivity contribution < 1.29 is 4.79 Å². The van der Waals surface area contributed by atoms with Crippen molar-refractivity contribution in [2.24, 2.45) is 5.92 Å². The molecule has 1 N–H and O–H groups in total. The summed E-state index contributed by atoms with van der Waals surface area (Å²) in [7, 11) is 1.85. The monoisotopic (exact) mass is 247 g/mol. The van der Waals surface area contributed by atoms with E-state index in [1.807, 2.05) is 25.2 Å². The Morgan fingerprint density at radius 3 is 3.06 bits per heavy atom. The molecule has 18 heavy (non-hydrogen) atoms. The Morgan fingerprint density at radius 2 is 2.39 bits per heavy atom. The Balaban J connectivity index is 1.92. The lowest BCUT2D eigenvalue weighted by Gasteiger charge is -2.30. The largest absolute Gasteiger partial charge is 0.339 e. The lowest BCUT2D eigenvalue weighted by atomic mass is 9.93. The summed E-state index contributed by atoms with van der Waals surface area (Å²) in [5.74, 6) is 0.802. The van der Waals surface area contributed by atoms with E-state index in [1.165, 1.54) is 0 Å². The molecule has 1 aliphatic heterocycles. The number of hydrogen-bond acceptors (Lipinski definition) is 3. The normalized spacial score (nSPS) is 23.7. The number of piperidine rings is 1. The minimum atomic E-state index is -0.0255. The van der Waals surface area contributed by atoms with Crippen LogP contribution in [0, 0.1) is 5.92 Å². The molecule has 0 aromatic carbocycles. The van der Waals surface area contributed by atoms with Gasteiger partial charge in [0.25, 0.3) is 0 Å². The third-order valence-electron chi connectivity index (χ3n) is 3.47. The molecule has 0 saturated carbocycles. The van der Waals surface area contributed by atoms with Crippen molar-refractivity contribution in [3.8, 4) is 0 Å². The Hall–Kier alpha value is -1.42. The molecular weight excluding hydrogens is 226 g/mol. The number of carbonyl (C=O) groups excluding carboxylic acids is 1. The van der Waals surface area contributed by atoms with E-state index < -0.39 is 0 Å². The van der Waals surface area contributed by atoms with Gasteiger partial charge in [-0.25, -0.2) is 0 Å². The van der Waals surface area contributed by atoms with Crippen LogP contribution in [0.4, 0.5) is 0 Å². The summed E-state index contributed by atoms with van der Waals surface area (Å²) < 4.78 is 0. The zero-order valence-corrected chi connectivity index (χ0v) is 11.1. The topological polar surface area (TPSA) is 45.2 Å². The van der Waals surface area contributed by atoms with Crippen LogP contribution in [0.3, 0.4) is 0 Å². The molecule has 1 aromatic rings. The second kappa shape index (κ2) is 5.96. The Bertz CT molecular complexity index is 393. The lowest BCUT2D eigenvalue weighted by Crippen LogP contribution is -2.48. The van der Waals surface area contributed by atoms with Crippen LogP contribution in [0.25, 0.3) is 0 Å². The van der Waals surface area contributed by atoms with Crippen molar-refractivity contribution in [1.29, 1.82) is 0 Å². The molecule has 4 heteroatoms. The van der Waals surface area contributed by atoms with Crippen LogP contribution in [0.15, 0.2) is 24.4 Å². The van der Waals surface area contributed by atoms with Crippen LogP contribution in [-0.4, -0.2) is 35.4 Å². The first-order chi connectivity index (χ1) is 8.66. The second-order valence-corrected chi connectivity index (χ2v) is 5.15. The molecule has 1 aliphatic rings. The first-order valence-corrected chi connectivity index (χ1v) is 6.55. The van der Waals surface area contributed by atoms with E-state index in [2.05, 4.69) is 17.2 Å². The number of rotatable bonds is 3. The number of nitrogens with zero attached hydrogens (tertiary/aromatic N) is 2. The van der Waals surface area contributed by atoms with Crippen LogP contribution in [0.5, 0.6) is 0 Å². The van der Waals surface area contributed by atoms with E-state index in [0.29, 0.717) is 12.5 Å². The summed E-state index contributed by atoms with van der Waals surface area (Å²) in [5, 5.41) is 3.30. The number of carbonyl (C=O) groups is 1. The number of aromatic nitrogens is 1. The van der Waals surface area contributed by atoms with Crippen LogP contribution in [0.1, 0.15) is 25.5 Å². The van der Waals surface area contributed by atoms with Crippen molar-refractivity contribution in [3.63, 3.8) is 0 Å². The highest BCUT2D eigenvalue weighted by molar-refractivity contribution is 5.81. The summed E-state index contributed by atoms with van der Waals surface area (Å²) in [4.78, 5) is 18.3. The van der Waals surface area contributed by atoms with Crippen LogP contribution >= 0.6 is 0 Å². The molecule has 1 fully saturated rings. The van der Waals surface area contributed by atoms with Crippen molar-refractivity contribution in [2.45, 2.75) is 32.4 Å². The smallest absolute Gasteiger partial charge is 0.239 e. The molecule has 0 aliphatic carbocycles. The summed E-state index contributed by atoms with van der Waals surface area (Å²) in [6.07, 6.45) is 3.85. The molecule has 0 bridgehead atoms. The van der Waals surface area contributed by atoms with Crippen LogP contribution in [0.2, 0.25) is 0 Å². The van der Waals surface area contributed by atoms with Gasteiger partial charge < -0.3 is 10.2 Å². The number of likely N-dealkylation sites (N-methyl/N-ethyl adjacent to an activating group) is 1. The molecule has 2 atom stereocenters. The molecule has 0 spiro atoms. The van der Waals surface area contributed by atoms with Gasteiger partial charge in [-0.2, -0.15) is 0 Å². The molecule has 1 aromatic heterocycles. The highest BCUT2D eigenvalue weighted by Crippen LogP contribution is 2.16. The molecule has 2 heterocycles. The molecule has 1 saturated heterocycles. The van der Waals surface area contributed by atoms with Crippen LogP contribution < -0.4 is 5.32 Å². The van der Waals surface area contributed by atoms with E-state index in [1.54, 1.807) is 11.1 Å². The van der Waals surface area contributed by atoms with Gasteiger partial charge in [-0.15, -0.1) is 0 Å². The average Bonchev–Trinajstić information content (AvgIpc) is 2.39. The highest BCUT2D eigenvalue weighted by Gasteiger charge is 2.26. The number of nitrogens with one attached hydrogen (secondary N) is 1. The SMILES string of the molecule is CC1CCNC(C(=O)N(C)Cc2ccccn2)C1. The summed E-state index contributed by atoms with van der Waals surface area (Å²) in [6.45, 7) is 3.72. The first-order valence-electron chi connectivity index (χ1n) is 6.55. The summed E-state index contributed by atoms with van der Waals surface area (Å²) in [5.41, 5.74) is 0.928. The fourth-order valence-corrected chi connectivity index (χ4v) is 2.37. The van der Waals surface area contributed by atoms with Crippen molar-refractivity contribution in [1.82, 2.24) is 15.2 Å². The zero-order chi connectivity index (χ0) is 13.0. The Kier molecular flexibility index (Phi) is 4.31. The van der Waals surface area contributed by atoms with Gasteiger partial charge in [-0.05, 0) is 37.4 Å². The Labute approximate surface area is 108 Å². The summed E-state index contributed by atoms with van der Waals surface area (Å²) in [6, 6.07) is 5.75. The molecule has 2 unspecified atom stereocenters. The fourth-order valence-electron chi connectivity index (χ4n) is 2.37. The highest BCUT2D eigenvalue weighted by atomic mass is 16.2. The van der Waals surface area contributed by atoms with Gasteiger partial charge >= 0.3 is 0 Å². The van der Waals surface area contributed by atoms with E-state index in [0.717, 1.165) is 25.1 Å². The first kappa shape index (κ1) is 13.0. The van der Waals surface area contributed by atoms with Gasteiger partial charge in [0, 0.05) is 13.2 Å². The minimum Gasteiger partial charge on any atom is -0.339 e. The van der Waals surface area contributed by atoms with Gasteiger partial charge in [0.05, 0.1) is 18.3 Å². The van der Waals surface area contributed by atoms with E-state index in [9.17, 15) is 4.79 Å². The van der Waals surface area contributed by atoms with Crippen molar-refractivity contribution in [2.75, 3.05) is 13.6 Å². The average molecular weight is 247 g/mol. The third-order valence-corrected chi connectivity index (χ3v) is 3.47. The predicted octanol–water partition coefficient (Wildman–Crippen LogP) is 1.43. The summed E-state index contributed by atoms with van der Waals surface area (Å²) >= 11 is 0. The van der Waals surface area contributed by atoms with Gasteiger partial charge in [0.1, 0.15) is 0 Å². The molecule has 1 amide bonds. The molecular formula is C14H21N3O. The lowest BCUT2D eigenvalue weighted by molar-refractivity contribution is -0.133. The maximum atomic E-state index is 12.3. The van der Waals surface area contributed by atoms with Crippen molar-refractivity contribution >= 4 is 5.91 Å². The molecule has 0 radical (unpaired) electrons. The third kappa shape index (κ3) is 3.29. The van der Waals surface area contributed by atoms with E-state index in [4.69, 9.17) is 0 Å². The molecule has 2 rings (SSSR count). The van der Waals surface area contributed by atoms with Crippen molar-refractivity contribution in [3.05, 3.63) is 30.1 Å². The fraction of sp³-hybridized carbons (Fsp3) is 0.571. The quantitative estimate of drug-likeness (QED) is 0.879. The zero-order valence-electron chi connectivity index (χ0n) is 11.1. The maximum absolute atomic E-state index is 12.3. The second-order valence-electron chi connectivity index (χ2n) is 5.15. The number of amides is 1. The van der Waals surface area contributed by atoms with Gasteiger partial charge in [-0.3, -0.25) is 9.78 Å². The van der Waals surface area contributed by atoms with Gasteiger partial charge in [-0.1, -0.05) is 13.0 Å². The molecule has 4 nitrogen and oxygen atoms in total. The van der Waals surface area contributed by atoms with E-state index in [-0.39, 0.29) is 11.9 Å². The standard InChI is InChI=1S/C14H21N3O/c1-11-6-8-16-13(9-11)14(18)17(2)10-12-5-3-4-7-15-12/h3-5,7,11,13,16H,6,8-10H2,1-2H3. The molecule has 98 valence electrons. The predicted molar refractivity (Wildman–Crippen MR) is 70.9 cm³/mol.